The Morgan fingerprint density at radius 2 is 2.00 bits per heavy atom. The second kappa shape index (κ2) is 9.36. The van der Waals surface area contributed by atoms with E-state index < -0.39 is 0 Å². The average molecular weight is 421 g/mol. The van der Waals surface area contributed by atoms with E-state index in [9.17, 15) is 0 Å². The Morgan fingerprint density at radius 1 is 1.10 bits per heavy atom. The Labute approximate surface area is 183 Å². The number of nitrogens with zero attached hydrogens (tertiary/aromatic N) is 5. The Balaban J connectivity index is 1.66. The zero-order valence-corrected chi connectivity index (χ0v) is 18.3. The normalized spacial score (nSPS) is 18.8. The zero-order chi connectivity index (χ0) is 20.9. The van der Waals surface area contributed by atoms with Gasteiger partial charge < -0.3 is 19.7 Å². The highest BCUT2D eigenvalue weighted by atomic mass is 32.1. The zero-order valence-electron chi connectivity index (χ0n) is 17.5. The monoisotopic (exact) mass is 420 g/mol. The van der Waals surface area contributed by atoms with Gasteiger partial charge in [0.1, 0.15) is 0 Å². The van der Waals surface area contributed by atoms with E-state index in [1.165, 1.54) is 11.3 Å². The van der Waals surface area contributed by atoms with Crippen molar-refractivity contribution >= 4 is 17.3 Å². The molecule has 4 rings (SSSR count). The molecule has 0 bridgehead atoms. The van der Waals surface area contributed by atoms with Gasteiger partial charge in [0.2, 0.25) is 0 Å². The first kappa shape index (κ1) is 20.5. The van der Waals surface area contributed by atoms with E-state index in [1.807, 2.05) is 36.8 Å². The first-order valence-corrected chi connectivity index (χ1v) is 10.7. The molecule has 156 valence electrons. The molecule has 1 aliphatic heterocycles. The molecule has 1 fully saturated rings. The lowest BCUT2D eigenvalue weighted by Gasteiger charge is -2.29. The van der Waals surface area contributed by atoms with Gasteiger partial charge >= 0.3 is 0 Å². The molecule has 3 aromatic rings. The first-order chi connectivity index (χ1) is 14.6. The highest BCUT2D eigenvalue weighted by Crippen LogP contribution is 2.38. The Morgan fingerprint density at radius 3 is 2.73 bits per heavy atom. The van der Waals surface area contributed by atoms with Crippen molar-refractivity contribution in [2.45, 2.75) is 25.0 Å². The van der Waals surface area contributed by atoms with Crippen LogP contribution in [0.5, 0.6) is 0 Å². The van der Waals surface area contributed by atoms with Crippen molar-refractivity contribution in [3.63, 3.8) is 0 Å². The van der Waals surface area contributed by atoms with Crippen LogP contribution >= 0.6 is 12.2 Å². The Kier molecular flexibility index (Phi) is 6.40. The fourth-order valence-electron chi connectivity index (χ4n) is 4.05. The number of hydrogen-bond donors (Lipinski definition) is 1. The number of hydrogen-bond acceptors (Lipinski definition) is 4. The summed E-state index contributed by atoms with van der Waals surface area (Å²) in [6, 6.07) is 14.6. The average Bonchev–Trinajstić information content (AvgIpc) is 3.33. The highest BCUT2D eigenvalue weighted by Gasteiger charge is 2.40. The van der Waals surface area contributed by atoms with Crippen LogP contribution in [0, 0.1) is 0 Å². The lowest BCUT2D eigenvalue weighted by Crippen LogP contribution is -2.33. The van der Waals surface area contributed by atoms with Crippen LogP contribution in [-0.2, 0) is 6.54 Å². The van der Waals surface area contributed by atoms with E-state index in [-0.39, 0.29) is 12.1 Å². The van der Waals surface area contributed by atoms with Crippen LogP contribution in [0.3, 0.4) is 0 Å². The lowest BCUT2D eigenvalue weighted by atomic mass is 10.0. The van der Waals surface area contributed by atoms with E-state index in [0.29, 0.717) is 0 Å². The smallest absolute Gasteiger partial charge is 0.170 e. The molecule has 0 aliphatic carbocycles. The minimum absolute atomic E-state index is 0.0144. The fourth-order valence-corrected chi connectivity index (χ4v) is 4.39. The summed E-state index contributed by atoms with van der Waals surface area (Å²) in [6.07, 6.45) is 8.76. The van der Waals surface area contributed by atoms with Gasteiger partial charge in [-0.3, -0.25) is 9.97 Å². The highest BCUT2D eigenvalue weighted by molar-refractivity contribution is 7.80. The summed E-state index contributed by atoms with van der Waals surface area (Å²) in [4.78, 5) is 13.4. The van der Waals surface area contributed by atoms with Gasteiger partial charge in [0.15, 0.2) is 5.11 Å². The van der Waals surface area contributed by atoms with Crippen LogP contribution in [-0.4, -0.2) is 56.6 Å². The molecule has 2 atom stereocenters. The maximum atomic E-state index is 5.77. The maximum Gasteiger partial charge on any atom is 0.170 e. The maximum absolute atomic E-state index is 5.77. The molecule has 0 aromatic carbocycles. The van der Waals surface area contributed by atoms with Gasteiger partial charge in [-0.05, 0) is 75.2 Å². The van der Waals surface area contributed by atoms with Crippen LogP contribution in [0.2, 0.25) is 0 Å². The van der Waals surface area contributed by atoms with Gasteiger partial charge in [-0.2, -0.15) is 0 Å². The molecular weight excluding hydrogens is 392 g/mol. The van der Waals surface area contributed by atoms with Gasteiger partial charge in [-0.25, -0.2) is 0 Å². The van der Waals surface area contributed by atoms with Crippen LogP contribution in [0.25, 0.3) is 0 Å². The fraction of sp³-hybridized carbons (Fsp3) is 0.348. The molecule has 0 amide bonds. The van der Waals surface area contributed by atoms with Gasteiger partial charge in [0, 0.05) is 43.6 Å². The number of rotatable bonds is 8. The van der Waals surface area contributed by atoms with Crippen LogP contribution in [0.1, 0.15) is 35.5 Å². The van der Waals surface area contributed by atoms with Crippen LogP contribution < -0.4 is 5.32 Å². The van der Waals surface area contributed by atoms with E-state index in [2.05, 4.69) is 74.2 Å². The summed E-state index contributed by atoms with van der Waals surface area (Å²) in [5.74, 6) is 0. The van der Waals surface area contributed by atoms with Crippen molar-refractivity contribution in [2.75, 3.05) is 27.2 Å². The standard InChI is InChI=1S/C23H28N6S/c1-27(2)13-7-15-29-22(21(26-23(29)30)19-9-3-4-12-25-19)20-10-6-14-28(20)17-18-8-5-11-24-16-18/h3-6,8-12,14,16,21-22H,7,13,15,17H2,1-2H3,(H,26,30)/t21-,22-/m0/s1. The van der Waals surface area contributed by atoms with Crippen molar-refractivity contribution < 1.29 is 0 Å². The van der Waals surface area contributed by atoms with Crippen LogP contribution in [0.4, 0.5) is 0 Å². The third kappa shape index (κ3) is 4.52. The Hall–Kier alpha value is -2.77. The molecular formula is C23H28N6S. The molecule has 3 aromatic heterocycles. The van der Waals surface area contributed by atoms with Crippen molar-refractivity contribution in [1.29, 1.82) is 0 Å². The molecule has 0 saturated carbocycles. The summed E-state index contributed by atoms with van der Waals surface area (Å²) in [5.41, 5.74) is 3.41. The van der Waals surface area contributed by atoms with E-state index in [4.69, 9.17) is 12.2 Å². The van der Waals surface area contributed by atoms with E-state index in [1.54, 1.807) is 0 Å². The third-order valence-corrected chi connectivity index (χ3v) is 5.80. The Bertz CT molecular complexity index is 956. The molecule has 0 unspecified atom stereocenters. The third-order valence-electron chi connectivity index (χ3n) is 5.45. The molecule has 7 heteroatoms. The second-order valence-corrected chi connectivity index (χ2v) is 8.29. The van der Waals surface area contributed by atoms with Gasteiger partial charge in [0.25, 0.3) is 0 Å². The summed E-state index contributed by atoms with van der Waals surface area (Å²) in [5, 5.41) is 4.34. The minimum atomic E-state index is 0.0144. The molecule has 30 heavy (non-hydrogen) atoms. The second-order valence-electron chi connectivity index (χ2n) is 7.90. The van der Waals surface area contributed by atoms with Crippen molar-refractivity contribution in [2.24, 2.45) is 0 Å². The summed E-state index contributed by atoms with van der Waals surface area (Å²) in [7, 11) is 4.21. The van der Waals surface area contributed by atoms with E-state index >= 15 is 0 Å². The molecule has 0 radical (unpaired) electrons. The van der Waals surface area contributed by atoms with Gasteiger partial charge in [-0.1, -0.05) is 12.1 Å². The number of aromatic nitrogens is 3. The van der Waals surface area contributed by atoms with Crippen molar-refractivity contribution in [3.05, 3.63) is 84.2 Å². The topological polar surface area (TPSA) is 49.2 Å². The molecule has 4 heterocycles. The number of pyridine rings is 2. The van der Waals surface area contributed by atoms with Crippen molar-refractivity contribution in [1.82, 2.24) is 29.7 Å². The minimum Gasteiger partial charge on any atom is -0.352 e. The number of thiocarbonyl (C=S) groups is 1. The first-order valence-electron chi connectivity index (χ1n) is 10.3. The molecule has 1 N–H and O–H groups in total. The van der Waals surface area contributed by atoms with Crippen molar-refractivity contribution in [3.8, 4) is 0 Å². The molecule has 0 spiro atoms. The lowest BCUT2D eigenvalue weighted by molar-refractivity contribution is 0.283. The molecule has 1 aliphatic rings. The predicted octanol–water partition coefficient (Wildman–Crippen LogP) is 3.25. The predicted molar refractivity (Wildman–Crippen MR) is 123 cm³/mol. The van der Waals surface area contributed by atoms with Gasteiger partial charge in [-0.15, -0.1) is 0 Å². The van der Waals surface area contributed by atoms with Crippen LogP contribution in [0.15, 0.2) is 67.3 Å². The summed E-state index contributed by atoms with van der Waals surface area (Å²) in [6.45, 7) is 2.70. The number of nitrogens with one attached hydrogen (secondary N) is 1. The van der Waals surface area contributed by atoms with E-state index in [0.717, 1.165) is 36.9 Å². The summed E-state index contributed by atoms with van der Waals surface area (Å²) >= 11 is 5.77. The largest absolute Gasteiger partial charge is 0.352 e. The van der Waals surface area contributed by atoms with Gasteiger partial charge in [0.05, 0.1) is 17.8 Å². The summed E-state index contributed by atoms with van der Waals surface area (Å²) < 4.78 is 2.30. The quantitative estimate of drug-likeness (QED) is 0.565. The molecule has 6 nitrogen and oxygen atoms in total. The SMILES string of the molecule is CN(C)CCCN1C(=S)N[C@@H](c2ccccn2)[C@@H]1c1cccn1Cc1cccnc1. The molecule has 1 saturated heterocycles.